The molecule has 32 heavy (non-hydrogen) atoms. The van der Waals surface area contributed by atoms with Gasteiger partial charge in [-0.1, -0.05) is 49.1 Å². The molecule has 2 atom stereocenters. The van der Waals surface area contributed by atoms with Crippen molar-refractivity contribution in [3.63, 3.8) is 0 Å². The molecule has 1 amide bonds. The third kappa shape index (κ3) is 5.14. The number of hydrogen-bond donors (Lipinski definition) is 5. The highest BCUT2D eigenvalue weighted by atomic mass is 16.3. The number of carbonyl (C=O) groups is 1. The summed E-state index contributed by atoms with van der Waals surface area (Å²) in [5.41, 5.74) is 3.45. The first kappa shape index (κ1) is 23.4. The Balaban J connectivity index is 1.76. The van der Waals surface area contributed by atoms with Crippen molar-refractivity contribution < 1.29 is 20.1 Å². The van der Waals surface area contributed by atoms with Crippen LogP contribution in [0.1, 0.15) is 36.8 Å². The molecule has 6 heteroatoms. The Morgan fingerprint density at radius 2 is 2.03 bits per heavy atom. The first-order chi connectivity index (χ1) is 15.3. The maximum Gasteiger partial charge on any atom is 0.224 e. The number of benzene rings is 1. The molecule has 0 aromatic heterocycles. The number of aryl methyl sites for hydroxylation is 1. The third-order valence-corrected chi connectivity index (χ3v) is 6.17. The number of phenolic OH excluding ortho intramolecular Hbond substituents is 2. The van der Waals surface area contributed by atoms with Gasteiger partial charge in [0, 0.05) is 36.4 Å². The van der Waals surface area contributed by atoms with Crippen molar-refractivity contribution in [2.45, 2.75) is 44.1 Å². The molecule has 0 bridgehead atoms. The molecule has 170 valence electrons. The van der Waals surface area contributed by atoms with Crippen LogP contribution < -0.4 is 10.6 Å². The molecule has 0 radical (unpaired) electrons. The number of carbonyl (C=O) groups excluding carboxylic acids is 1. The van der Waals surface area contributed by atoms with Crippen LogP contribution in [0.3, 0.4) is 0 Å². The first-order valence-electron chi connectivity index (χ1n) is 10.8. The summed E-state index contributed by atoms with van der Waals surface area (Å²) in [5, 5.41) is 36.4. The van der Waals surface area contributed by atoms with Crippen molar-refractivity contribution in [3.05, 3.63) is 83.6 Å². The number of nitrogens with one attached hydrogen (secondary N) is 2. The highest BCUT2D eigenvalue weighted by Gasteiger charge is 2.52. The fourth-order valence-corrected chi connectivity index (χ4v) is 4.38. The number of phenols is 2. The maximum atomic E-state index is 12.9. The summed E-state index contributed by atoms with van der Waals surface area (Å²) in [6.45, 7) is 10.6. The molecule has 2 unspecified atom stereocenters. The van der Waals surface area contributed by atoms with Crippen LogP contribution in [0.2, 0.25) is 0 Å². The Hall–Kier alpha value is -3.25. The summed E-state index contributed by atoms with van der Waals surface area (Å²) in [4.78, 5) is 12.9. The zero-order valence-corrected chi connectivity index (χ0v) is 18.5. The molecule has 6 nitrogen and oxygen atoms in total. The lowest BCUT2D eigenvalue weighted by Gasteiger charge is -2.26. The number of aromatic hydroxyl groups is 2. The molecule has 3 rings (SSSR count). The predicted molar refractivity (Wildman–Crippen MR) is 126 cm³/mol. The summed E-state index contributed by atoms with van der Waals surface area (Å²) < 4.78 is 0. The summed E-state index contributed by atoms with van der Waals surface area (Å²) in [6, 6.07) is 2.92. The Bertz CT molecular complexity index is 1010. The normalized spacial score (nSPS) is 24.8. The van der Waals surface area contributed by atoms with E-state index in [-0.39, 0.29) is 36.5 Å². The monoisotopic (exact) mass is 436 g/mol. The van der Waals surface area contributed by atoms with Crippen molar-refractivity contribution in [3.8, 4) is 11.5 Å². The van der Waals surface area contributed by atoms with E-state index < -0.39 is 5.41 Å². The number of aliphatic hydroxyl groups is 1. The van der Waals surface area contributed by atoms with Crippen LogP contribution in [-0.4, -0.2) is 40.4 Å². The molecule has 0 spiro atoms. The fraction of sp³-hybridized carbons (Fsp3) is 0.346. The van der Waals surface area contributed by atoms with Crippen LogP contribution in [0.15, 0.2) is 72.5 Å². The second kappa shape index (κ2) is 9.92. The Kier molecular flexibility index (Phi) is 7.26. The van der Waals surface area contributed by atoms with Crippen LogP contribution >= 0.6 is 0 Å². The van der Waals surface area contributed by atoms with Crippen LogP contribution in [-0.2, 0) is 10.2 Å². The zero-order valence-electron chi connectivity index (χ0n) is 18.5. The van der Waals surface area contributed by atoms with Crippen molar-refractivity contribution in [2.75, 3.05) is 13.2 Å². The first-order valence-corrected chi connectivity index (χ1v) is 10.8. The molecular formula is C26H32N2O4. The highest BCUT2D eigenvalue weighted by Crippen LogP contribution is 2.60. The van der Waals surface area contributed by atoms with Crippen LogP contribution in [0.25, 0.3) is 0 Å². The van der Waals surface area contributed by atoms with Gasteiger partial charge in [-0.15, -0.1) is 0 Å². The van der Waals surface area contributed by atoms with Gasteiger partial charge in [0.25, 0.3) is 0 Å². The zero-order chi connectivity index (χ0) is 23.3. The van der Waals surface area contributed by atoms with Gasteiger partial charge in [0.1, 0.15) is 0 Å². The summed E-state index contributed by atoms with van der Waals surface area (Å²) in [6.07, 6.45) is 11.1. The van der Waals surface area contributed by atoms with Crippen LogP contribution in [0, 0.1) is 6.92 Å². The standard InChI is InChI=1S/C26H32N2O4/c1-17-7-5-4-6-11-27-16-20(17)13-23(31)28-21(10-12-29)15-26(14-19(26)3)24-18(2)8-9-22(30)25(24)32/h4-9,16,21,27,29-30,32H,1,3,10-15H2,2H3,(H,28,31)/b6-4-,7-5-,20-16-. The fourth-order valence-electron chi connectivity index (χ4n) is 4.38. The Morgan fingerprint density at radius 3 is 2.72 bits per heavy atom. The number of rotatable bonds is 8. The summed E-state index contributed by atoms with van der Waals surface area (Å²) in [7, 11) is 0. The molecule has 2 aliphatic rings. The smallest absolute Gasteiger partial charge is 0.224 e. The van der Waals surface area contributed by atoms with Crippen LogP contribution in [0.4, 0.5) is 0 Å². The molecule has 1 aromatic rings. The van der Waals surface area contributed by atoms with Crippen molar-refractivity contribution in [1.82, 2.24) is 10.6 Å². The summed E-state index contributed by atoms with van der Waals surface area (Å²) >= 11 is 0. The van der Waals surface area contributed by atoms with E-state index in [1.165, 1.54) is 6.07 Å². The Labute approximate surface area is 189 Å². The predicted octanol–water partition coefficient (Wildman–Crippen LogP) is 3.41. The van der Waals surface area contributed by atoms with Crippen molar-refractivity contribution >= 4 is 5.91 Å². The molecule has 1 fully saturated rings. The van der Waals surface area contributed by atoms with Gasteiger partial charge >= 0.3 is 0 Å². The number of amides is 1. The van der Waals surface area contributed by atoms with Gasteiger partial charge in [-0.2, -0.15) is 0 Å². The lowest BCUT2D eigenvalue weighted by molar-refractivity contribution is -0.121. The van der Waals surface area contributed by atoms with Gasteiger partial charge in [0.15, 0.2) is 11.5 Å². The molecular weight excluding hydrogens is 404 g/mol. The molecule has 1 aromatic carbocycles. The van der Waals surface area contributed by atoms with E-state index in [2.05, 4.69) is 23.8 Å². The largest absolute Gasteiger partial charge is 0.504 e. The van der Waals surface area contributed by atoms with E-state index >= 15 is 0 Å². The molecule has 1 heterocycles. The highest BCUT2D eigenvalue weighted by molar-refractivity contribution is 5.80. The number of allylic oxidation sites excluding steroid dienone is 5. The van der Waals surface area contributed by atoms with Gasteiger partial charge in [-0.3, -0.25) is 4.79 Å². The van der Waals surface area contributed by atoms with E-state index in [0.717, 1.165) is 22.3 Å². The molecule has 1 saturated carbocycles. The minimum absolute atomic E-state index is 0.0795. The minimum Gasteiger partial charge on any atom is -0.504 e. The lowest BCUT2D eigenvalue weighted by Crippen LogP contribution is -2.38. The van der Waals surface area contributed by atoms with Gasteiger partial charge in [0.2, 0.25) is 5.91 Å². The number of hydrogen-bond acceptors (Lipinski definition) is 5. The molecule has 0 saturated heterocycles. The summed E-state index contributed by atoms with van der Waals surface area (Å²) in [5.74, 6) is -0.485. The van der Waals surface area contributed by atoms with Gasteiger partial charge in [-0.25, -0.2) is 0 Å². The second-order valence-corrected chi connectivity index (χ2v) is 8.54. The SMILES string of the molecule is C=C1/C=C\C=C/CN/C=C\1CC(=O)NC(CCO)CC1(c2c(C)ccc(O)c2O)CC1=C. The van der Waals surface area contributed by atoms with E-state index in [1.807, 2.05) is 31.2 Å². The average molecular weight is 437 g/mol. The van der Waals surface area contributed by atoms with Gasteiger partial charge in [0.05, 0.1) is 6.42 Å². The van der Waals surface area contributed by atoms with Crippen molar-refractivity contribution in [2.24, 2.45) is 0 Å². The molecule has 1 aliphatic heterocycles. The van der Waals surface area contributed by atoms with E-state index in [9.17, 15) is 20.1 Å². The lowest BCUT2D eigenvalue weighted by atomic mass is 9.83. The van der Waals surface area contributed by atoms with E-state index in [0.29, 0.717) is 31.4 Å². The Morgan fingerprint density at radius 1 is 1.28 bits per heavy atom. The minimum atomic E-state index is -0.531. The molecule has 1 aliphatic carbocycles. The van der Waals surface area contributed by atoms with Crippen molar-refractivity contribution in [1.29, 1.82) is 0 Å². The van der Waals surface area contributed by atoms with Crippen LogP contribution in [0.5, 0.6) is 11.5 Å². The third-order valence-electron chi connectivity index (χ3n) is 6.17. The quantitative estimate of drug-likeness (QED) is 0.318. The van der Waals surface area contributed by atoms with E-state index in [4.69, 9.17) is 0 Å². The topological polar surface area (TPSA) is 102 Å². The number of aliphatic hydroxyl groups excluding tert-OH is 1. The van der Waals surface area contributed by atoms with Gasteiger partial charge < -0.3 is 26.0 Å². The second-order valence-electron chi connectivity index (χ2n) is 8.54. The van der Waals surface area contributed by atoms with Gasteiger partial charge in [-0.05, 0) is 49.0 Å². The average Bonchev–Trinajstić information content (AvgIpc) is 3.35. The molecule has 5 N–H and O–H groups in total. The maximum absolute atomic E-state index is 12.9. The van der Waals surface area contributed by atoms with E-state index in [1.54, 1.807) is 12.3 Å².